The van der Waals surface area contributed by atoms with Crippen molar-refractivity contribution >= 4 is 21.8 Å². The molecule has 0 bridgehead atoms. The third-order valence-electron chi connectivity index (χ3n) is 3.07. The van der Waals surface area contributed by atoms with Crippen LogP contribution in [0.3, 0.4) is 0 Å². The van der Waals surface area contributed by atoms with Crippen LogP contribution in [0.2, 0.25) is 0 Å². The van der Waals surface area contributed by atoms with Crippen molar-refractivity contribution in [3.8, 4) is 5.75 Å². The minimum absolute atomic E-state index is 0.185. The van der Waals surface area contributed by atoms with E-state index in [2.05, 4.69) is 15.9 Å². The van der Waals surface area contributed by atoms with E-state index in [4.69, 9.17) is 10.5 Å². The van der Waals surface area contributed by atoms with Gasteiger partial charge in [-0.2, -0.15) is 0 Å². The van der Waals surface area contributed by atoms with Crippen molar-refractivity contribution in [3.63, 3.8) is 0 Å². The molecular formula is C13H17BrN2O2. The number of halogens is 1. The van der Waals surface area contributed by atoms with Gasteiger partial charge in [-0.15, -0.1) is 0 Å². The SMILES string of the molecule is NCC1CC(=O)N(CCOc2ccc(Br)cc2)C1. The van der Waals surface area contributed by atoms with Gasteiger partial charge in [0.05, 0.1) is 6.54 Å². The number of rotatable bonds is 5. The van der Waals surface area contributed by atoms with Crippen LogP contribution in [-0.4, -0.2) is 37.0 Å². The summed E-state index contributed by atoms with van der Waals surface area (Å²) in [5, 5.41) is 0. The number of amides is 1. The molecule has 4 nitrogen and oxygen atoms in total. The molecule has 2 N–H and O–H groups in total. The monoisotopic (exact) mass is 312 g/mol. The maximum atomic E-state index is 11.6. The molecule has 1 heterocycles. The van der Waals surface area contributed by atoms with E-state index in [1.807, 2.05) is 29.2 Å². The summed E-state index contributed by atoms with van der Waals surface area (Å²) in [6.45, 7) is 2.49. The van der Waals surface area contributed by atoms with Crippen molar-refractivity contribution in [2.45, 2.75) is 6.42 Å². The van der Waals surface area contributed by atoms with Gasteiger partial charge in [-0.1, -0.05) is 15.9 Å². The smallest absolute Gasteiger partial charge is 0.223 e. The standard InChI is InChI=1S/C13H17BrN2O2/c14-11-1-3-12(4-2-11)18-6-5-16-9-10(8-15)7-13(16)17/h1-4,10H,5-9,15H2. The second kappa shape index (κ2) is 6.20. The first-order chi connectivity index (χ1) is 8.69. The lowest BCUT2D eigenvalue weighted by atomic mass is 10.1. The Kier molecular flexibility index (Phi) is 4.60. The van der Waals surface area contributed by atoms with Gasteiger partial charge in [0.15, 0.2) is 0 Å². The minimum Gasteiger partial charge on any atom is -0.492 e. The molecule has 1 aliphatic rings. The van der Waals surface area contributed by atoms with Gasteiger partial charge in [-0.3, -0.25) is 4.79 Å². The summed E-state index contributed by atoms with van der Waals surface area (Å²) in [5.74, 6) is 1.32. The van der Waals surface area contributed by atoms with Gasteiger partial charge in [0.25, 0.3) is 0 Å². The summed E-state index contributed by atoms with van der Waals surface area (Å²) in [6.07, 6.45) is 0.578. The second-order valence-electron chi connectivity index (χ2n) is 4.45. The molecule has 98 valence electrons. The molecule has 1 saturated heterocycles. The quantitative estimate of drug-likeness (QED) is 0.899. The highest BCUT2D eigenvalue weighted by Gasteiger charge is 2.27. The summed E-state index contributed by atoms with van der Waals surface area (Å²) >= 11 is 3.37. The molecule has 0 saturated carbocycles. The molecule has 1 fully saturated rings. The van der Waals surface area contributed by atoms with Gasteiger partial charge < -0.3 is 15.4 Å². The average Bonchev–Trinajstić information content (AvgIpc) is 2.73. The van der Waals surface area contributed by atoms with Gasteiger partial charge >= 0.3 is 0 Å². The third kappa shape index (κ3) is 3.46. The number of hydrogen-bond acceptors (Lipinski definition) is 3. The van der Waals surface area contributed by atoms with Gasteiger partial charge in [-0.05, 0) is 36.7 Å². The van der Waals surface area contributed by atoms with Crippen molar-refractivity contribution in [2.75, 3.05) is 26.2 Å². The van der Waals surface area contributed by atoms with Gasteiger partial charge in [0.2, 0.25) is 5.91 Å². The van der Waals surface area contributed by atoms with Crippen molar-refractivity contribution in [3.05, 3.63) is 28.7 Å². The van der Waals surface area contributed by atoms with E-state index < -0.39 is 0 Å². The Morgan fingerprint density at radius 1 is 1.39 bits per heavy atom. The molecule has 2 rings (SSSR count). The van der Waals surface area contributed by atoms with Crippen LogP contribution in [0.15, 0.2) is 28.7 Å². The highest BCUT2D eigenvalue weighted by Crippen LogP contribution is 2.18. The average molecular weight is 313 g/mol. The van der Waals surface area contributed by atoms with E-state index in [1.165, 1.54) is 0 Å². The Balaban J connectivity index is 1.75. The lowest BCUT2D eigenvalue weighted by Gasteiger charge is -2.16. The van der Waals surface area contributed by atoms with Crippen molar-refractivity contribution in [2.24, 2.45) is 11.7 Å². The van der Waals surface area contributed by atoms with Crippen LogP contribution in [-0.2, 0) is 4.79 Å². The normalized spacial score (nSPS) is 19.3. The van der Waals surface area contributed by atoms with Crippen molar-refractivity contribution in [1.82, 2.24) is 4.90 Å². The Hall–Kier alpha value is -1.07. The number of carbonyl (C=O) groups is 1. The molecule has 0 spiro atoms. The Morgan fingerprint density at radius 2 is 2.11 bits per heavy atom. The maximum Gasteiger partial charge on any atom is 0.223 e. The number of nitrogens with two attached hydrogens (primary N) is 1. The van der Waals surface area contributed by atoms with Crippen LogP contribution in [0.25, 0.3) is 0 Å². The van der Waals surface area contributed by atoms with Crippen molar-refractivity contribution < 1.29 is 9.53 Å². The first kappa shape index (κ1) is 13.4. The van der Waals surface area contributed by atoms with Crippen LogP contribution in [0, 0.1) is 5.92 Å². The summed E-state index contributed by atoms with van der Waals surface area (Å²) in [5.41, 5.74) is 5.58. The fourth-order valence-electron chi connectivity index (χ4n) is 2.03. The van der Waals surface area contributed by atoms with Gasteiger partial charge in [0, 0.05) is 17.4 Å². The molecule has 0 aliphatic carbocycles. The molecule has 1 atom stereocenters. The summed E-state index contributed by atoms with van der Waals surface area (Å²) in [6, 6.07) is 7.67. The Morgan fingerprint density at radius 3 is 2.72 bits per heavy atom. The lowest BCUT2D eigenvalue weighted by molar-refractivity contribution is -0.128. The summed E-state index contributed by atoms with van der Waals surface area (Å²) < 4.78 is 6.62. The Labute approximate surface area is 115 Å². The van der Waals surface area contributed by atoms with Gasteiger partial charge in [0.1, 0.15) is 12.4 Å². The van der Waals surface area contributed by atoms with Crippen LogP contribution < -0.4 is 10.5 Å². The molecule has 1 aliphatic heterocycles. The molecule has 18 heavy (non-hydrogen) atoms. The fraction of sp³-hybridized carbons (Fsp3) is 0.462. The van der Waals surface area contributed by atoms with Gasteiger partial charge in [-0.25, -0.2) is 0 Å². The van der Waals surface area contributed by atoms with E-state index >= 15 is 0 Å². The number of nitrogens with zero attached hydrogens (tertiary/aromatic N) is 1. The Bertz CT molecular complexity index is 408. The molecule has 1 amide bonds. The summed E-state index contributed by atoms with van der Waals surface area (Å²) in [4.78, 5) is 13.5. The molecule has 1 aromatic rings. The zero-order valence-electron chi connectivity index (χ0n) is 10.1. The minimum atomic E-state index is 0.185. The molecule has 1 aromatic carbocycles. The number of benzene rings is 1. The highest BCUT2D eigenvalue weighted by molar-refractivity contribution is 9.10. The largest absolute Gasteiger partial charge is 0.492 e. The highest BCUT2D eigenvalue weighted by atomic mass is 79.9. The van der Waals surface area contributed by atoms with E-state index in [1.54, 1.807) is 0 Å². The van der Waals surface area contributed by atoms with E-state index in [-0.39, 0.29) is 5.91 Å². The first-order valence-electron chi connectivity index (χ1n) is 6.05. The van der Waals surface area contributed by atoms with E-state index in [0.29, 0.717) is 32.0 Å². The zero-order valence-corrected chi connectivity index (χ0v) is 11.7. The zero-order chi connectivity index (χ0) is 13.0. The molecule has 1 unspecified atom stereocenters. The van der Waals surface area contributed by atoms with Crippen LogP contribution in [0.1, 0.15) is 6.42 Å². The molecular weight excluding hydrogens is 296 g/mol. The van der Waals surface area contributed by atoms with E-state index in [9.17, 15) is 4.79 Å². The number of hydrogen-bond donors (Lipinski definition) is 1. The topological polar surface area (TPSA) is 55.6 Å². The third-order valence-corrected chi connectivity index (χ3v) is 3.60. The van der Waals surface area contributed by atoms with Crippen LogP contribution in [0.5, 0.6) is 5.75 Å². The molecule has 5 heteroatoms. The predicted molar refractivity (Wildman–Crippen MR) is 73.4 cm³/mol. The number of carbonyl (C=O) groups excluding carboxylic acids is 1. The molecule has 0 aromatic heterocycles. The van der Waals surface area contributed by atoms with Crippen LogP contribution >= 0.6 is 15.9 Å². The first-order valence-corrected chi connectivity index (χ1v) is 6.84. The lowest BCUT2D eigenvalue weighted by Crippen LogP contribution is -2.30. The fourth-order valence-corrected chi connectivity index (χ4v) is 2.30. The summed E-state index contributed by atoms with van der Waals surface area (Å²) in [7, 11) is 0. The second-order valence-corrected chi connectivity index (χ2v) is 5.36. The number of ether oxygens (including phenoxy) is 1. The van der Waals surface area contributed by atoms with E-state index in [0.717, 1.165) is 16.8 Å². The maximum absolute atomic E-state index is 11.6. The van der Waals surface area contributed by atoms with Crippen molar-refractivity contribution in [1.29, 1.82) is 0 Å². The number of likely N-dealkylation sites (tertiary alicyclic amines) is 1. The van der Waals surface area contributed by atoms with Crippen LogP contribution in [0.4, 0.5) is 0 Å². The predicted octanol–water partition coefficient (Wildman–Crippen LogP) is 1.64. The molecule has 0 radical (unpaired) electrons.